The summed E-state index contributed by atoms with van der Waals surface area (Å²) >= 11 is 0. The van der Waals surface area contributed by atoms with Gasteiger partial charge >= 0.3 is 11.9 Å². The molecule has 0 spiro atoms. The Hall–Kier alpha value is -2.17. The number of carbonyl (C=O) groups is 3. The van der Waals surface area contributed by atoms with Gasteiger partial charge in [-0.25, -0.2) is 4.79 Å². The Kier molecular flexibility index (Phi) is 6.34. The van der Waals surface area contributed by atoms with Gasteiger partial charge in [0.25, 0.3) is 0 Å². The van der Waals surface area contributed by atoms with Crippen molar-refractivity contribution < 1.29 is 23.9 Å². The Morgan fingerprint density at radius 3 is 2.29 bits per heavy atom. The second kappa shape index (κ2) is 9.05. The van der Waals surface area contributed by atoms with E-state index >= 15 is 0 Å². The van der Waals surface area contributed by atoms with Crippen molar-refractivity contribution in [1.82, 2.24) is 0 Å². The van der Waals surface area contributed by atoms with Crippen LogP contribution < -0.4 is 0 Å². The van der Waals surface area contributed by atoms with Crippen molar-refractivity contribution in [3.8, 4) is 0 Å². The first kappa shape index (κ1) is 24.5. The SMILES string of the molecule is CC(=O)O[C@@H]1C[C@H]2[C@@H](CC[C@H]3C[C@H](OC(=O)c4ccccc4)CC[C@@]32C)[C@@H]2CC[C@H](C(C)=O)[C@@]12C. The first-order valence-electron chi connectivity index (χ1n) is 13.6. The lowest BCUT2D eigenvalue weighted by Crippen LogP contribution is -2.59. The van der Waals surface area contributed by atoms with E-state index in [1.165, 1.54) is 6.92 Å². The summed E-state index contributed by atoms with van der Waals surface area (Å²) in [5.41, 5.74) is 0.498. The van der Waals surface area contributed by atoms with E-state index in [0.717, 1.165) is 51.4 Å². The molecule has 190 valence electrons. The molecule has 0 saturated heterocycles. The van der Waals surface area contributed by atoms with Gasteiger partial charge in [0.05, 0.1) is 5.56 Å². The van der Waals surface area contributed by atoms with Crippen molar-refractivity contribution in [2.45, 2.75) is 91.3 Å². The molecule has 0 N–H and O–H groups in total. The number of carbonyl (C=O) groups excluding carboxylic acids is 3. The molecule has 35 heavy (non-hydrogen) atoms. The minimum atomic E-state index is -0.260. The molecule has 4 fully saturated rings. The molecule has 1 aromatic rings. The van der Waals surface area contributed by atoms with Gasteiger partial charge in [-0.05, 0) is 99.5 Å². The maximum absolute atomic E-state index is 12.7. The molecular weight excluding hydrogens is 440 g/mol. The van der Waals surface area contributed by atoms with Crippen molar-refractivity contribution in [3.63, 3.8) is 0 Å². The third-order valence-corrected chi connectivity index (χ3v) is 10.8. The Morgan fingerprint density at radius 2 is 1.60 bits per heavy atom. The molecule has 4 aliphatic rings. The van der Waals surface area contributed by atoms with Crippen LogP contribution in [-0.4, -0.2) is 29.9 Å². The van der Waals surface area contributed by atoms with Crippen LogP contribution in [0.5, 0.6) is 0 Å². The number of hydrogen-bond donors (Lipinski definition) is 0. The summed E-state index contributed by atoms with van der Waals surface area (Å²) in [4.78, 5) is 37.5. The zero-order valence-electron chi connectivity index (χ0n) is 21.6. The summed E-state index contributed by atoms with van der Waals surface area (Å²) in [5.74, 6) is 1.72. The normalized spacial score (nSPS) is 42.2. The Labute approximate surface area is 209 Å². The maximum Gasteiger partial charge on any atom is 0.338 e. The Balaban J connectivity index is 1.36. The lowest BCUT2D eigenvalue weighted by molar-refractivity contribution is -0.194. The molecule has 0 radical (unpaired) electrons. The van der Waals surface area contributed by atoms with Crippen molar-refractivity contribution in [2.24, 2.45) is 40.4 Å². The molecule has 1 aromatic carbocycles. The van der Waals surface area contributed by atoms with Crippen LogP contribution in [0.4, 0.5) is 0 Å². The van der Waals surface area contributed by atoms with Gasteiger partial charge < -0.3 is 9.47 Å². The quantitative estimate of drug-likeness (QED) is 0.494. The average Bonchev–Trinajstić information content (AvgIpc) is 3.19. The van der Waals surface area contributed by atoms with Crippen LogP contribution in [0.25, 0.3) is 0 Å². The highest BCUT2D eigenvalue weighted by Crippen LogP contribution is 2.68. The fourth-order valence-corrected chi connectivity index (χ4v) is 9.09. The van der Waals surface area contributed by atoms with Gasteiger partial charge in [-0.15, -0.1) is 0 Å². The molecule has 0 heterocycles. The molecule has 5 nitrogen and oxygen atoms in total. The minimum absolute atomic E-state index is 0.0172. The highest BCUT2D eigenvalue weighted by atomic mass is 16.5. The van der Waals surface area contributed by atoms with Gasteiger partial charge in [0.15, 0.2) is 0 Å². The van der Waals surface area contributed by atoms with Gasteiger partial charge in [-0.3, -0.25) is 9.59 Å². The second-order valence-electron chi connectivity index (χ2n) is 12.3. The van der Waals surface area contributed by atoms with E-state index in [2.05, 4.69) is 13.8 Å². The number of fused-ring (bicyclic) bond motifs is 5. The predicted octanol–water partition coefficient (Wildman–Crippen LogP) is 6.00. The summed E-state index contributed by atoms with van der Waals surface area (Å²) in [6.07, 6.45) is 7.69. The monoisotopic (exact) mass is 480 g/mol. The van der Waals surface area contributed by atoms with E-state index in [9.17, 15) is 14.4 Å². The number of Topliss-reactive ketones (excluding diaryl/α,β-unsaturated/α-hetero) is 1. The maximum atomic E-state index is 12.7. The number of rotatable bonds is 4. The molecule has 0 aliphatic heterocycles. The molecule has 4 aliphatic carbocycles. The van der Waals surface area contributed by atoms with E-state index in [4.69, 9.17) is 9.47 Å². The topological polar surface area (TPSA) is 69.7 Å². The summed E-state index contributed by atoms with van der Waals surface area (Å²) in [7, 11) is 0. The summed E-state index contributed by atoms with van der Waals surface area (Å²) in [5, 5.41) is 0. The van der Waals surface area contributed by atoms with Gasteiger partial charge in [-0.2, -0.15) is 0 Å². The van der Waals surface area contributed by atoms with Crippen LogP contribution in [0, 0.1) is 40.4 Å². The van der Waals surface area contributed by atoms with Crippen molar-refractivity contribution >= 4 is 17.7 Å². The highest BCUT2D eigenvalue weighted by Gasteiger charge is 2.65. The molecule has 5 heteroatoms. The molecule has 0 bridgehead atoms. The van der Waals surface area contributed by atoms with Crippen LogP contribution in [0.15, 0.2) is 30.3 Å². The first-order valence-corrected chi connectivity index (χ1v) is 13.6. The van der Waals surface area contributed by atoms with Crippen LogP contribution in [0.2, 0.25) is 0 Å². The van der Waals surface area contributed by atoms with Gasteiger partial charge in [0.2, 0.25) is 0 Å². The molecule has 4 saturated carbocycles. The molecular formula is C30H40O5. The molecule has 0 aromatic heterocycles. The third kappa shape index (κ3) is 4.03. The lowest BCUT2D eigenvalue weighted by atomic mass is 9.44. The van der Waals surface area contributed by atoms with E-state index in [0.29, 0.717) is 29.2 Å². The number of esters is 2. The van der Waals surface area contributed by atoms with Crippen LogP contribution >= 0.6 is 0 Å². The standard InChI is InChI=1S/C30H40O5/c1-18(31)24-12-13-25-23-11-10-21-16-22(35-28(33)20-8-6-5-7-9-20)14-15-29(21,3)26(23)17-27(30(24,25)4)34-19(2)32/h5-9,21-27H,10-17H2,1-4H3/t21-,22+,23-,24+,25-,26-,27+,29-,30+/m0/s1. The van der Waals surface area contributed by atoms with Crippen LogP contribution in [-0.2, 0) is 19.1 Å². The number of ether oxygens (including phenoxy) is 2. The van der Waals surface area contributed by atoms with E-state index in [-0.39, 0.29) is 46.7 Å². The third-order valence-electron chi connectivity index (χ3n) is 10.8. The zero-order chi connectivity index (χ0) is 25.0. The van der Waals surface area contributed by atoms with Crippen molar-refractivity contribution in [1.29, 1.82) is 0 Å². The van der Waals surface area contributed by atoms with Crippen molar-refractivity contribution in [3.05, 3.63) is 35.9 Å². The number of benzene rings is 1. The van der Waals surface area contributed by atoms with Gasteiger partial charge in [-0.1, -0.05) is 32.0 Å². The fourth-order valence-electron chi connectivity index (χ4n) is 9.09. The van der Waals surface area contributed by atoms with Gasteiger partial charge in [0, 0.05) is 18.3 Å². The largest absolute Gasteiger partial charge is 0.462 e. The lowest BCUT2D eigenvalue weighted by Gasteiger charge is -2.62. The summed E-state index contributed by atoms with van der Waals surface area (Å²) in [6.45, 7) is 7.88. The summed E-state index contributed by atoms with van der Waals surface area (Å²) < 4.78 is 12.0. The molecule has 9 atom stereocenters. The van der Waals surface area contributed by atoms with E-state index in [1.807, 2.05) is 30.3 Å². The number of ketones is 1. The smallest absolute Gasteiger partial charge is 0.338 e. The van der Waals surface area contributed by atoms with E-state index < -0.39 is 0 Å². The molecule has 0 amide bonds. The average molecular weight is 481 g/mol. The molecule has 5 rings (SSSR count). The predicted molar refractivity (Wildman–Crippen MR) is 132 cm³/mol. The first-order chi connectivity index (χ1) is 16.6. The van der Waals surface area contributed by atoms with Gasteiger partial charge in [0.1, 0.15) is 18.0 Å². The second-order valence-corrected chi connectivity index (χ2v) is 12.3. The van der Waals surface area contributed by atoms with Crippen LogP contribution in [0.3, 0.4) is 0 Å². The van der Waals surface area contributed by atoms with E-state index in [1.54, 1.807) is 6.92 Å². The fraction of sp³-hybridized carbons (Fsp3) is 0.700. The zero-order valence-corrected chi connectivity index (χ0v) is 21.6. The minimum Gasteiger partial charge on any atom is -0.462 e. The van der Waals surface area contributed by atoms with Crippen molar-refractivity contribution in [2.75, 3.05) is 0 Å². The summed E-state index contributed by atoms with van der Waals surface area (Å²) in [6, 6.07) is 9.26. The Bertz CT molecular complexity index is 988. The Morgan fingerprint density at radius 1 is 0.857 bits per heavy atom. The number of hydrogen-bond acceptors (Lipinski definition) is 5. The highest BCUT2D eigenvalue weighted by molar-refractivity contribution is 5.89. The van der Waals surface area contributed by atoms with Crippen LogP contribution in [0.1, 0.15) is 89.4 Å². The molecule has 0 unspecified atom stereocenters.